The molecule has 3 N–H and O–H groups in total. The van der Waals surface area contributed by atoms with Gasteiger partial charge in [0, 0.05) is 34.6 Å². The Balaban J connectivity index is 1.79. The normalized spacial score (nSPS) is 12.3. The molecule has 7 heteroatoms. The Morgan fingerprint density at radius 1 is 1.11 bits per heavy atom. The van der Waals surface area contributed by atoms with Crippen LogP contribution >= 0.6 is 11.3 Å². The molecule has 0 saturated heterocycles. The molecule has 2 aromatic carbocycles. The number of fused-ring (bicyclic) bond motifs is 3. The molecule has 4 rings (SSSR count). The van der Waals surface area contributed by atoms with Gasteiger partial charge in [-0.25, -0.2) is 4.98 Å². The molecule has 0 radical (unpaired) electrons. The molecule has 6 nitrogen and oxygen atoms in total. The fourth-order valence-corrected chi connectivity index (χ4v) is 3.97. The van der Waals surface area contributed by atoms with Gasteiger partial charge in [0.25, 0.3) is 0 Å². The lowest BCUT2D eigenvalue weighted by molar-refractivity contribution is 1.08. The Kier molecular flexibility index (Phi) is 4.76. The Hall–Kier alpha value is -3.32. The predicted molar refractivity (Wildman–Crippen MR) is 112 cm³/mol. The minimum atomic E-state index is 0.478. The third-order valence-corrected chi connectivity index (χ3v) is 5.27. The number of hydrogen-bond donors (Lipinski definition) is 2. The molecule has 2 aromatic heterocycles. The van der Waals surface area contributed by atoms with E-state index in [1.165, 1.54) is 10.3 Å². The molecule has 0 aliphatic heterocycles. The Labute approximate surface area is 160 Å². The molecular formula is C20H18N6S. The maximum Gasteiger partial charge on any atom is 0.178 e. The summed E-state index contributed by atoms with van der Waals surface area (Å²) in [7, 11) is 1.66. The van der Waals surface area contributed by atoms with Crippen molar-refractivity contribution in [1.29, 1.82) is 0 Å². The minimum absolute atomic E-state index is 0.478. The molecule has 0 spiro atoms. The SMILES string of the molecule is CN=C(N=NN)c1ccc2c(c1)nc(NCc1ccccc1)c1ccsc12. The number of aromatic nitrogens is 1. The lowest BCUT2D eigenvalue weighted by Gasteiger charge is -2.10. The molecule has 0 aliphatic rings. The first-order chi connectivity index (χ1) is 13.3. The van der Waals surface area contributed by atoms with Gasteiger partial charge in [0.15, 0.2) is 5.84 Å². The number of aliphatic imine (C=N–C) groups is 1. The summed E-state index contributed by atoms with van der Waals surface area (Å²) in [5.74, 6) is 6.54. The van der Waals surface area contributed by atoms with Crippen LogP contribution in [-0.4, -0.2) is 17.9 Å². The second-order valence-electron chi connectivity index (χ2n) is 5.96. The second-order valence-corrected chi connectivity index (χ2v) is 6.87. The molecule has 2 heterocycles. The maximum absolute atomic E-state index is 5.19. The van der Waals surface area contributed by atoms with E-state index in [1.54, 1.807) is 18.4 Å². The number of anilines is 1. The number of benzene rings is 2. The van der Waals surface area contributed by atoms with Gasteiger partial charge < -0.3 is 11.2 Å². The van der Waals surface area contributed by atoms with Crippen molar-refractivity contribution in [3.8, 4) is 0 Å². The van der Waals surface area contributed by atoms with Gasteiger partial charge in [-0.2, -0.15) is 0 Å². The van der Waals surface area contributed by atoms with E-state index < -0.39 is 0 Å². The largest absolute Gasteiger partial charge is 0.365 e. The zero-order valence-corrected chi connectivity index (χ0v) is 15.6. The van der Waals surface area contributed by atoms with Gasteiger partial charge in [0.2, 0.25) is 0 Å². The van der Waals surface area contributed by atoms with Crippen molar-refractivity contribution < 1.29 is 0 Å². The van der Waals surface area contributed by atoms with Crippen LogP contribution in [0.1, 0.15) is 11.1 Å². The topological polar surface area (TPSA) is 88.0 Å². The van der Waals surface area contributed by atoms with Crippen molar-refractivity contribution in [3.63, 3.8) is 0 Å². The van der Waals surface area contributed by atoms with Crippen molar-refractivity contribution in [1.82, 2.24) is 4.98 Å². The lowest BCUT2D eigenvalue weighted by atomic mass is 10.1. The first kappa shape index (κ1) is 17.1. The van der Waals surface area contributed by atoms with Crippen molar-refractivity contribution in [2.75, 3.05) is 12.4 Å². The molecule has 0 atom stereocenters. The number of hydrogen-bond acceptors (Lipinski definition) is 5. The van der Waals surface area contributed by atoms with Gasteiger partial charge in [-0.3, -0.25) is 4.99 Å². The number of thiophene rings is 1. The third kappa shape index (κ3) is 3.37. The zero-order valence-electron chi connectivity index (χ0n) is 14.8. The molecule has 0 aliphatic carbocycles. The highest BCUT2D eigenvalue weighted by Crippen LogP contribution is 2.34. The zero-order chi connectivity index (χ0) is 18.6. The molecular weight excluding hydrogens is 356 g/mol. The van der Waals surface area contributed by atoms with E-state index in [2.05, 4.69) is 50.3 Å². The molecule has 4 aromatic rings. The van der Waals surface area contributed by atoms with Crippen molar-refractivity contribution in [3.05, 3.63) is 71.1 Å². The van der Waals surface area contributed by atoms with Crippen LogP contribution in [0.3, 0.4) is 0 Å². The van der Waals surface area contributed by atoms with Crippen molar-refractivity contribution in [2.24, 2.45) is 21.2 Å². The molecule has 134 valence electrons. The Bertz CT molecular complexity index is 1150. The summed E-state index contributed by atoms with van der Waals surface area (Å²) in [4.78, 5) is 9.01. The van der Waals surface area contributed by atoms with E-state index in [-0.39, 0.29) is 0 Å². The van der Waals surface area contributed by atoms with Crippen LogP contribution in [0.2, 0.25) is 0 Å². The van der Waals surface area contributed by atoms with Crippen LogP contribution < -0.4 is 11.2 Å². The Morgan fingerprint density at radius 3 is 2.74 bits per heavy atom. The van der Waals surface area contributed by atoms with E-state index in [4.69, 9.17) is 10.8 Å². The average Bonchev–Trinajstić information content (AvgIpc) is 3.21. The van der Waals surface area contributed by atoms with E-state index >= 15 is 0 Å². The van der Waals surface area contributed by atoms with Crippen LogP contribution in [0, 0.1) is 0 Å². The maximum atomic E-state index is 5.19. The molecule has 0 unspecified atom stereocenters. The minimum Gasteiger partial charge on any atom is -0.365 e. The summed E-state index contributed by atoms with van der Waals surface area (Å²) in [6.07, 6.45) is 0. The van der Waals surface area contributed by atoms with E-state index in [9.17, 15) is 0 Å². The fraction of sp³-hybridized carbons (Fsp3) is 0.100. The third-order valence-electron chi connectivity index (χ3n) is 4.32. The van der Waals surface area contributed by atoms with Gasteiger partial charge >= 0.3 is 0 Å². The lowest BCUT2D eigenvalue weighted by Crippen LogP contribution is -2.02. The van der Waals surface area contributed by atoms with Crippen LogP contribution in [0.25, 0.3) is 21.0 Å². The summed E-state index contributed by atoms with van der Waals surface area (Å²) in [6.45, 7) is 0.715. The highest BCUT2D eigenvalue weighted by molar-refractivity contribution is 7.18. The summed E-state index contributed by atoms with van der Waals surface area (Å²) in [6, 6.07) is 18.4. The van der Waals surface area contributed by atoms with E-state index in [0.29, 0.717) is 12.4 Å². The quantitative estimate of drug-likeness (QED) is 0.177. The number of nitrogens with one attached hydrogen (secondary N) is 1. The van der Waals surface area contributed by atoms with Crippen LogP contribution in [0.15, 0.2) is 75.3 Å². The molecule has 0 bridgehead atoms. The number of nitrogens with two attached hydrogens (primary N) is 1. The fourth-order valence-electron chi connectivity index (χ4n) is 3.04. The molecule has 0 amide bonds. The highest BCUT2D eigenvalue weighted by Gasteiger charge is 2.12. The van der Waals surface area contributed by atoms with Gasteiger partial charge in [0.05, 0.1) is 5.52 Å². The summed E-state index contributed by atoms with van der Waals surface area (Å²) in [5.41, 5.74) is 2.92. The summed E-state index contributed by atoms with van der Waals surface area (Å²) < 4.78 is 1.21. The van der Waals surface area contributed by atoms with Crippen molar-refractivity contribution >= 4 is 44.0 Å². The highest BCUT2D eigenvalue weighted by atomic mass is 32.1. The van der Waals surface area contributed by atoms with E-state index in [1.807, 2.05) is 30.3 Å². The number of pyridine rings is 1. The average molecular weight is 374 g/mol. The summed E-state index contributed by atoms with van der Waals surface area (Å²) in [5, 5.41) is 15.0. The van der Waals surface area contributed by atoms with Gasteiger partial charge in [-0.1, -0.05) is 47.7 Å². The molecule has 27 heavy (non-hydrogen) atoms. The monoisotopic (exact) mass is 374 g/mol. The van der Waals surface area contributed by atoms with Gasteiger partial charge in [-0.15, -0.1) is 16.5 Å². The standard InChI is InChI=1S/C20H18N6S/c1-22-19(25-26-21)14-7-8-15-17(11-14)24-20(16-9-10-27-18(15)16)23-12-13-5-3-2-4-6-13/h2-11H,12H2,1H3,(H,23,24)(H2,21,22,25). The van der Waals surface area contributed by atoms with Gasteiger partial charge in [0.1, 0.15) is 5.82 Å². The van der Waals surface area contributed by atoms with Crippen molar-refractivity contribution in [2.45, 2.75) is 6.54 Å². The van der Waals surface area contributed by atoms with Crippen LogP contribution in [0.5, 0.6) is 0 Å². The summed E-state index contributed by atoms with van der Waals surface area (Å²) >= 11 is 1.71. The first-order valence-corrected chi connectivity index (χ1v) is 9.35. The van der Waals surface area contributed by atoms with Crippen LogP contribution in [0.4, 0.5) is 5.82 Å². The predicted octanol–water partition coefficient (Wildman–Crippen LogP) is 4.76. The second kappa shape index (κ2) is 7.51. The van der Waals surface area contributed by atoms with Gasteiger partial charge in [-0.05, 0) is 23.1 Å². The smallest absolute Gasteiger partial charge is 0.178 e. The van der Waals surface area contributed by atoms with Crippen LogP contribution in [-0.2, 0) is 6.54 Å². The number of rotatable bonds is 4. The van der Waals surface area contributed by atoms with E-state index in [0.717, 1.165) is 27.7 Å². The number of amidine groups is 1. The molecule has 0 fully saturated rings. The Morgan fingerprint density at radius 2 is 1.96 bits per heavy atom. The molecule has 0 saturated carbocycles. The number of nitrogens with zero attached hydrogens (tertiary/aromatic N) is 4. The first-order valence-electron chi connectivity index (χ1n) is 8.47.